The number of nitrogens with one attached hydrogen (secondary N) is 2. The van der Waals surface area contributed by atoms with Gasteiger partial charge in [0.05, 0.1) is 30.3 Å². The van der Waals surface area contributed by atoms with Gasteiger partial charge in [-0.3, -0.25) is 9.59 Å². The van der Waals surface area contributed by atoms with E-state index in [1.165, 1.54) is 16.9 Å². The summed E-state index contributed by atoms with van der Waals surface area (Å²) >= 11 is 0. The fourth-order valence-electron chi connectivity index (χ4n) is 6.44. The number of amides is 2. The molecule has 2 amide bonds. The lowest BCUT2D eigenvalue weighted by Crippen LogP contribution is -2.40. The highest BCUT2D eigenvalue weighted by molar-refractivity contribution is 5.93. The molecule has 5 heterocycles. The van der Waals surface area contributed by atoms with Gasteiger partial charge in [-0.15, -0.1) is 0 Å². The van der Waals surface area contributed by atoms with Gasteiger partial charge < -0.3 is 15.1 Å². The summed E-state index contributed by atoms with van der Waals surface area (Å²) < 4.78 is 80.5. The molecule has 1 saturated heterocycles. The molecule has 0 radical (unpaired) electrons. The Hall–Kier alpha value is -4.44. The zero-order valence-electron chi connectivity index (χ0n) is 23.6. The highest BCUT2D eigenvalue weighted by Crippen LogP contribution is 2.44. The van der Waals surface area contributed by atoms with Crippen molar-refractivity contribution in [3.63, 3.8) is 0 Å². The monoisotopic (exact) mass is 634 g/mol. The van der Waals surface area contributed by atoms with E-state index in [9.17, 15) is 31.5 Å². The van der Waals surface area contributed by atoms with Crippen molar-refractivity contribution in [2.75, 3.05) is 0 Å². The van der Waals surface area contributed by atoms with Gasteiger partial charge in [-0.25, -0.2) is 27.9 Å². The van der Waals surface area contributed by atoms with Crippen LogP contribution >= 0.6 is 0 Å². The molecule has 3 atom stereocenters. The van der Waals surface area contributed by atoms with Crippen LogP contribution in [0.5, 0.6) is 0 Å². The Balaban J connectivity index is 1.19. The molecule has 4 aromatic heterocycles. The number of imidazole rings is 1. The molecule has 17 heteroatoms. The summed E-state index contributed by atoms with van der Waals surface area (Å²) in [6.07, 6.45) is 1.06. The smallest absolute Gasteiger partial charge is 0.408 e. The number of oxazole rings is 1. The van der Waals surface area contributed by atoms with E-state index in [0.717, 1.165) is 19.2 Å². The Morgan fingerprint density at radius 3 is 2.60 bits per heavy atom. The molecule has 0 unspecified atom stereocenters. The first kappa shape index (κ1) is 29.3. The number of carbonyl (C=O) groups is 2. The average Bonchev–Trinajstić information content (AvgIpc) is 3.39. The second kappa shape index (κ2) is 10.6. The second-order valence-corrected chi connectivity index (χ2v) is 12.1. The molecule has 3 aliphatic rings. The Morgan fingerprint density at radius 1 is 1.16 bits per heavy atom. The van der Waals surface area contributed by atoms with Crippen molar-refractivity contribution >= 4 is 17.5 Å². The molecule has 7 rings (SSSR count). The molecule has 2 N–H and O–H groups in total. The number of hydrogen-bond donors (Lipinski definition) is 2. The predicted octanol–water partition coefficient (Wildman–Crippen LogP) is 4.21. The first-order valence-electron chi connectivity index (χ1n) is 14.5. The minimum Gasteiger partial charge on any atom is -0.447 e. The van der Waals surface area contributed by atoms with E-state index in [4.69, 9.17) is 9.05 Å². The fourth-order valence-corrected chi connectivity index (χ4v) is 6.44. The summed E-state index contributed by atoms with van der Waals surface area (Å²) in [5.41, 5.74) is -0.170. The van der Waals surface area contributed by atoms with Crippen molar-refractivity contribution in [3.05, 3.63) is 59.5 Å². The predicted molar refractivity (Wildman–Crippen MR) is 141 cm³/mol. The SMILES string of the molecule is O=C(N[C@H](c1cn2ncc(C[C@@]3(c4cnco4)C[C@@H](C(F)(F)F)NC3=O)cc2n1)C1CCC(F)(F)CC1)c1nonc1C1CC1. The largest absolute Gasteiger partial charge is 0.447 e. The number of nitrogens with zero attached hydrogens (tertiary/aromatic N) is 6. The number of halogens is 5. The maximum atomic E-state index is 14.1. The third-order valence-electron chi connectivity index (χ3n) is 9.02. The molecule has 4 aromatic rings. The summed E-state index contributed by atoms with van der Waals surface area (Å²) in [6.45, 7) is 0. The molecular weight excluding hydrogens is 607 g/mol. The zero-order chi connectivity index (χ0) is 31.6. The van der Waals surface area contributed by atoms with Crippen LogP contribution in [0.25, 0.3) is 5.65 Å². The van der Waals surface area contributed by atoms with Crippen molar-refractivity contribution in [3.8, 4) is 0 Å². The third kappa shape index (κ3) is 5.52. The molecule has 0 bridgehead atoms. The molecule has 2 saturated carbocycles. The molecule has 0 aromatic carbocycles. The number of alkyl halides is 5. The van der Waals surface area contributed by atoms with Crippen LogP contribution in [0.15, 0.2) is 40.1 Å². The van der Waals surface area contributed by atoms with Gasteiger partial charge in [0.25, 0.3) is 5.91 Å². The van der Waals surface area contributed by atoms with Gasteiger partial charge in [-0.2, -0.15) is 18.3 Å². The van der Waals surface area contributed by atoms with Crippen molar-refractivity contribution in [1.29, 1.82) is 0 Å². The molecular formula is C28H27F5N8O4. The third-order valence-corrected chi connectivity index (χ3v) is 9.02. The molecule has 238 valence electrons. The van der Waals surface area contributed by atoms with Crippen molar-refractivity contribution in [2.24, 2.45) is 5.92 Å². The van der Waals surface area contributed by atoms with E-state index >= 15 is 0 Å². The fraction of sp³-hybridized carbons (Fsp3) is 0.536. The van der Waals surface area contributed by atoms with Crippen molar-refractivity contribution < 1.29 is 40.6 Å². The molecule has 0 spiro atoms. The van der Waals surface area contributed by atoms with Crippen LogP contribution < -0.4 is 10.6 Å². The lowest BCUT2D eigenvalue weighted by Gasteiger charge is -2.33. The molecule has 45 heavy (non-hydrogen) atoms. The Kier molecular flexibility index (Phi) is 6.88. The van der Waals surface area contributed by atoms with Gasteiger partial charge in [-0.1, -0.05) is 5.16 Å². The quantitative estimate of drug-likeness (QED) is 0.272. The van der Waals surface area contributed by atoms with E-state index in [1.54, 1.807) is 12.3 Å². The molecule has 2 aliphatic carbocycles. The molecule has 1 aliphatic heterocycles. The van der Waals surface area contributed by atoms with Crippen LogP contribution in [0.4, 0.5) is 22.0 Å². The van der Waals surface area contributed by atoms with Gasteiger partial charge in [0, 0.05) is 18.8 Å². The van der Waals surface area contributed by atoms with Crippen molar-refractivity contribution in [2.45, 2.75) is 86.9 Å². The second-order valence-electron chi connectivity index (χ2n) is 12.1. The summed E-state index contributed by atoms with van der Waals surface area (Å²) in [5.74, 6) is -4.52. The maximum absolute atomic E-state index is 14.1. The van der Waals surface area contributed by atoms with E-state index in [2.05, 4.69) is 30.7 Å². The standard InChI is InChI=1S/C28H27F5N8O4/c29-27(30)5-3-16(4-6-27)21(38-24(42)23-22(15-1-2-15)39-45-40-23)17-12-41-20(36-17)7-14(10-35-41)8-26(19-11-34-13-44-19)9-18(28(31,32)33)37-25(26)43/h7,10-13,15-16,18,21H,1-6,8-9H2,(H,37,43)(H,38,42)/t18-,21-,26-/m0/s1. The summed E-state index contributed by atoms with van der Waals surface area (Å²) in [6, 6.07) is -1.28. The van der Waals surface area contributed by atoms with Gasteiger partial charge in [-0.05, 0) is 61.2 Å². The lowest BCUT2D eigenvalue weighted by molar-refractivity contribution is -0.155. The van der Waals surface area contributed by atoms with Gasteiger partial charge in [0.2, 0.25) is 11.8 Å². The average molecular weight is 635 g/mol. The van der Waals surface area contributed by atoms with E-state index in [1.807, 2.05) is 5.32 Å². The number of carbonyl (C=O) groups excluding carboxylic acids is 2. The topological polar surface area (TPSA) is 153 Å². The summed E-state index contributed by atoms with van der Waals surface area (Å²) in [7, 11) is 0. The van der Waals surface area contributed by atoms with E-state index in [0.29, 0.717) is 17.0 Å². The van der Waals surface area contributed by atoms with Crippen molar-refractivity contribution in [1.82, 2.24) is 40.5 Å². The Labute approximate surface area is 251 Å². The molecule has 12 nitrogen and oxygen atoms in total. The number of fused-ring (bicyclic) bond motifs is 1. The first-order chi connectivity index (χ1) is 21.4. The maximum Gasteiger partial charge on any atom is 0.408 e. The number of hydrogen-bond acceptors (Lipinski definition) is 9. The normalized spacial score (nSPS) is 24.6. The van der Waals surface area contributed by atoms with Crippen LogP contribution in [0.3, 0.4) is 0 Å². The minimum absolute atomic E-state index is 0.0135. The van der Waals surface area contributed by atoms with Crippen LogP contribution in [0, 0.1) is 5.92 Å². The minimum atomic E-state index is -4.67. The van der Waals surface area contributed by atoms with Crippen LogP contribution in [-0.2, 0) is 16.6 Å². The highest BCUT2D eigenvalue weighted by atomic mass is 19.4. The summed E-state index contributed by atoms with van der Waals surface area (Å²) in [4.78, 5) is 34.9. The van der Waals surface area contributed by atoms with E-state index in [-0.39, 0.29) is 61.0 Å². The lowest BCUT2D eigenvalue weighted by atomic mass is 9.77. The van der Waals surface area contributed by atoms with Gasteiger partial charge >= 0.3 is 6.18 Å². The van der Waals surface area contributed by atoms with Gasteiger partial charge in [0.15, 0.2) is 17.7 Å². The van der Waals surface area contributed by atoms with E-state index < -0.39 is 47.8 Å². The number of rotatable bonds is 8. The number of aromatic nitrogens is 6. The first-order valence-corrected chi connectivity index (χ1v) is 14.5. The Morgan fingerprint density at radius 2 is 1.93 bits per heavy atom. The van der Waals surface area contributed by atoms with Gasteiger partial charge in [0.1, 0.15) is 22.9 Å². The Bertz CT molecular complexity index is 1720. The zero-order valence-corrected chi connectivity index (χ0v) is 23.6. The highest BCUT2D eigenvalue weighted by Gasteiger charge is 2.58. The van der Waals surface area contributed by atoms with Crippen LogP contribution in [0.2, 0.25) is 0 Å². The molecule has 3 fully saturated rings. The summed E-state index contributed by atoms with van der Waals surface area (Å²) in [5, 5.41) is 16.9. The van der Waals surface area contributed by atoms with Crippen LogP contribution in [0.1, 0.15) is 90.1 Å². The van der Waals surface area contributed by atoms with Crippen LogP contribution in [-0.4, -0.2) is 59.9 Å².